The van der Waals surface area contributed by atoms with Crippen LogP contribution in [-0.4, -0.2) is 57.9 Å². The number of carbonyl (C=O) groups excluding carboxylic acids is 3. The van der Waals surface area contributed by atoms with Crippen molar-refractivity contribution < 1.29 is 32.3 Å². The number of rotatable bonds is 6. The minimum absolute atomic E-state index is 0.0953. The number of piperidine rings is 1. The van der Waals surface area contributed by atoms with Gasteiger partial charge in [0, 0.05) is 19.0 Å². The Bertz CT molecular complexity index is 1150. The van der Waals surface area contributed by atoms with Crippen LogP contribution in [-0.2, 0) is 24.3 Å². The Morgan fingerprint density at radius 1 is 0.939 bits per heavy atom. The van der Waals surface area contributed by atoms with Gasteiger partial charge < -0.3 is 14.8 Å². The zero-order valence-electron chi connectivity index (χ0n) is 18.7. The summed E-state index contributed by atoms with van der Waals surface area (Å²) in [4.78, 5) is 37.1. The monoisotopic (exact) mass is 474 g/mol. The Morgan fingerprint density at radius 3 is 2.12 bits per heavy atom. The molecule has 0 unspecified atom stereocenters. The van der Waals surface area contributed by atoms with Crippen LogP contribution in [0.3, 0.4) is 0 Å². The van der Waals surface area contributed by atoms with E-state index in [1.165, 1.54) is 36.7 Å². The molecule has 1 aliphatic rings. The van der Waals surface area contributed by atoms with Crippen LogP contribution in [0.25, 0.3) is 0 Å². The first kappa shape index (κ1) is 24.4. The zero-order chi connectivity index (χ0) is 24.2. The van der Waals surface area contributed by atoms with Gasteiger partial charge in [-0.3, -0.25) is 4.79 Å². The molecular weight excluding hydrogens is 448 g/mol. The van der Waals surface area contributed by atoms with Gasteiger partial charge in [0.15, 0.2) is 0 Å². The Labute approximate surface area is 192 Å². The summed E-state index contributed by atoms with van der Waals surface area (Å²) in [5.74, 6) is -2.10. The van der Waals surface area contributed by atoms with E-state index < -0.39 is 27.9 Å². The first-order valence-corrected chi connectivity index (χ1v) is 11.8. The smallest absolute Gasteiger partial charge is 0.339 e. The van der Waals surface area contributed by atoms with Crippen LogP contribution in [0.4, 0.5) is 5.69 Å². The molecule has 0 atom stereocenters. The number of hydrogen-bond acceptors (Lipinski definition) is 7. The van der Waals surface area contributed by atoms with Crippen molar-refractivity contribution in [3.05, 3.63) is 59.2 Å². The molecule has 176 valence electrons. The van der Waals surface area contributed by atoms with Gasteiger partial charge in [0.25, 0.3) is 0 Å². The maximum absolute atomic E-state index is 12.9. The van der Waals surface area contributed by atoms with Gasteiger partial charge >= 0.3 is 11.9 Å². The molecule has 2 aromatic rings. The normalized spacial score (nSPS) is 15.0. The van der Waals surface area contributed by atoms with E-state index in [4.69, 9.17) is 9.47 Å². The number of hydrogen-bond donors (Lipinski definition) is 1. The Morgan fingerprint density at radius 2 is 1.55 bits per heavy atom. The minimum atomic E-state index is -3.64. The molecule has 0 aromatic heterocycles. The quantitative estimate of drug-likeness (QED) is 0.639. The first-order valence-electron chi connectivity index (χ1n) is 10.4. The second-order valence-electron chi connectivity index (χ2n) is 7.72. The molecule has 0 aliphatic carbocycles. The van der Waals surface area contributed by atoms with Gasteiger partial charge in [0.2, 0.25) is 15.9 Å². The van der Waals surface area contributed by atoms with E-state index in [0.717, 1.165) is 5.56 Å². The highest BCUT2D eigenvalue weighted by Crippen LogP contribution is 2.26. The van der Waals surface area contributed by atoms with Crippen LogP contribution in [0, 0.1) is 12.8 Å². The van der Waals surface area contributed by atoms with Gasteiger partial charge in [-0.25, -0.2) is 18.0 Å². The SMILES string of the molecule is COC(=O)c1ccc(C(=O)OC)c(NC(=O)C2CCN(S(=O)(=O)c3ccc(C)cc3)CC2)c1. The number of anilines is 1. The molecule has 1 saturated heterocycles. The maximum Gasteiger partial charge on any atom is 0.339 e. The highest BCUT2D eigenvalue weighted by molar-refractivity contribution is 7.89. The third-order valence-corrected chi connectivity index (χ3v) is 7.50. The predicted octanol–water partition coefficient (Wildman–Crippen LogP) is 2.61. The molecule has 0 bridgehead atoms. The van der Waals surface area contributed by atoms with Crippen LogP contribution in [0.1, 0.15) is 39.1 Å². The lowest BCUT2D eigenvalue weighted by molar-refractivity contribution is -0.120. The molecule has 1 amide bonds. The van der Waals surface area contributed by atoms with Crippen LogP contribution in [0.15, 0.2) is 47.4 Å². The Hall–Kier alpha value is -3.24. The van der Waals surface area contributed by atoms with Crippen molar-refractivity contribution in [2.45, 2.75) is 24.7 Å². The lowest BCUT2D eigenvalue weighted by Gasteiger charge is -2.30. The van der Waals surface area contributed by atoms with Crippen molar-refractivity contribution >= 4 is 33.6 Å². The average Bonchev–Trinajstić information content (AvgIpc) is 2.83. The maximum atomic E-state index is 12.9. The lowest BCUT2D eigenvalue weighted by atomic mass is 9.97. The highest BCUT2D eigenvalue weighted by atomic mass is 32.2. The molecule has 0 radical (unpaired) electrons. The highest BCUT2D eigenvalue weighted by Gasteiger charge is 2.32. The first-order chi connectivity index (χ1) is 15.7. The second kappa shape index (κ2) is 10.1. The molecule has 1 aliphatic heterocycles. The van der Waals surface area contributed by atoms with Gasteiger partial charge in [-0.2, -0.15) is 4.31 Å². The van der Waals surface area contributed by atoms with E-state index in [1.807, 2.05) is 6.92 Å². The van der Waals surface area contributed by atoms with Crippen molar-refractivity contribution in [3.63, 3.8) is 0 Å². The number of ether oxygens (including phenoxy) is 2. The standard InChI is InChI=1S/C23H26N2O7S/c1-15-4-7-18(8-5-15)33(29,30)25-12-10-16(11-13-25)21(26)24-20-14-17(22(27)31-2)6-9-19(20)23(28)32-3/h4-9,14,16H,10-13H2,1-3H3,(H,24,26). The van der Waals surface area contributed by atoms with E-state index in [1.54, 1.807) is 24.3 Å². The van der Waals surface area contributed by atoms with Crippen LogP contribution in [0.2, 0.25) is 0 Å². The number of aryl methyl sites for hydroxylation is 1. The van der Waals surface area contributed by atoms with Gasteiger partial charge in [-0.15, -0.1) is 0 Å². The molecule has 33 heavy (non-hydrogen) atoms. The number of carbonyl (C=O) groups is 3. The number of amides is 1. The van der Waals surface area contributed by atoms with Crippen molar-refractivity contribution in [1.82, 2.24) is 4.31 Å². The molecule has 10 heteroatoms. The average molecular weight is 475 g/mol. The fourth-order valence-corrected chi connectivity index (χ4v) is 5.10. The summed E-state index contributed by atoms with van der Waals surface area (Å²) in [7, 11) is -1.19. The third kappa shape index (κ3) is 5.40. The molecule has 0 saturated carbocycles. The Balaban J connectivity index is 1.72. The van der Waals surface area contributed by atoms with Gasteiger partial charge in [0.05, 0.1) is 35.9 Å². The number of sulfonamides is 1. The zero-order valence-corrected chi connectivity index (χ0v) is 19.5. The largest absolute Gasteiger partial charge is 0.465 e. The number of nitrogens with zero attached hydrogens (tertiary/aromatic N) is 1. The van der Waals surface area contributed by atoms with Gasteiger partial charge in [0.1, 0.15) is 0 Å². The van der Waals surface area contributed by atoms with Crippen molar-refractivity contribution in [3.8, 4) is 0 Å². The van der Waals surface area contributed by atoms with Crippen molar-refractivity contribution in [2.24, 2.45) is 5.92 Å². The molecule has 3 rings (SSSR count). The van der Waals surface area contributed by atoms with Gasteiger partial charge in [-0.05, 0) is 50.1 Å². The van der Waals surface area contributed by atoms with Crippen LogP contribution < -0.4 is 5.32 Å². The molecule has 0 spiro atoms. The summed E-state index contributed by atoms with van der Waals surface area (Å²) in [5.41, 5.74) is 1.36. The number of esters is 2. The summed E-state index contributed by atoms with van der Waals surface area (Å²) in [6.45, 7) is 2.27. The molecule has 9 nitrogen and oxygen atoms in total. The van der Waals surface area contributed by atoms with Crippen LogP contribution in [0.5, 0.6) is 0 Å². The molecule has 1 heterocycles. The van der Waals surface area contributed by atoms with E-state index >= 15 is 0 Å². The summed E-state index contributed by atoms with van der Waals surface area (Å²) in [6.07, 6.45) is 0.641. The molecule has 2 aromatic carbocycles. The predicted molar refractivity (Wildman–Crippen MR) is 120 cm³/mol. The van der Waals surface area contributed by atoms with E-state index in [2.05, 4.69) is 5.32 Å². The molecule has 1 N–H and O–H groups in total. The second-order valence-corrected chi connectivity index (χ2v) is 9.66. The third-order valence-electron chi connectivity index (χ3n) is 5.59. The molecular formula is C23H26N2O7S. The van der Waals surface area contributed by atoms with E-state index in [9.17, 15) is 22.8 Å². The summed E-state index contributed by atoms with van der Waals surface area (Å²) >= 11 is 0. The number of nitrogens with one attached hydrogen (secondary N) is 1. The van der Waals surface area contributed by atoms with E-state index in [-0.39, 0.29) is 40.7 Å². The fraction of sp³-hybridized carbons (Fsp3) is 0.348. The fourth-order valence-electron chi connectivity index (χ4n) is 3.63. The van der Waals surface area contributed by atoms with Crippen molar-refractivity contribution in [2.75, 3.05) is 32.6 Å². The van der Waals surface area contributed by atoms with Crippen LogP contribution >= 0.6 is 0 Å². The number of methoxy groups -OCH3 is 2. The Kier molecular flexibility index (Phi) is 7.50. The van der Waals surface area contributed by atoms with Crippen molar-refractivity contribution in [1.29, 1.82) is 0 Å². The minimum Gasteiger partial charge on any atom is -0.465 e. The number of benzene rings is 2. The van der Waals surface area contributed by atoms with Gasteiger partial charge in [-0.1, -0.05) is 17.7 Å². The summed E-state index contributed by atoms with van der Waals surface area (Å²) in [6, 6.07) is 10.8. The lowest BCUT2D eigenvalue weighted by Crippen LogP contribution is -2.41. The van der Waals surface area contributed by atoms with E-state index in [0.29, 0.717) is 12.8 Å². The topological polar surface area (TPSA) is 119 Å². The molecule has 1 fully saturated rings. The summed E-state index contributed by atoms with van der Waals surface area (Å²) < 4.78 is 36.6. The summed E-state index contributed by atoms with van der Waals surface area (Å²) in [5, 5.41) is 2.69.